The van der Waals surface area contributed by atoms with E-state index >= 15 is 0 Å². The minimum atomic E-state index is -0.379. The Hall–Kier alpha value is -3.84. The second-order valence-corrected chi connectivity index (χ2v) is 7.55. The van der Waals surface area contributed by atoms with Crippen molar-refractivity contribution in [2.45, 2.75) is 12.8 Å². The van der Waals surface area contributed by atoms with E-state index in [-0.39, 0.29) is 29.8 Å². The lowest BCUT2D eigenvalue weighted by atomic mass is 10.0. The van der Waals surface area contributed by atoms with E-state index in [1.165, 1.54) is 11.0 Å². The SMILES string of the molecule is COCCCN1C(=O)c2ccc(C(=O)Nc3ccc(Cc4ccncc4)cc3)cc2C1=O. The van der Waals surface area contributed by atoms with Crippen LogP contribution in [-0.4, -0.2) is 47.9 Å². The van der Waals surface area contributed by atoms with Crippen LogP contribution in [0.2, 0.25) is 0 Å². The summed E-state index contributed by atoms with van der Waals surface area (Å²) < 4.78 is 4.99. The van der Waals surface area contributed by atoms with E-state index < -0.39 is 0 Å². The van der Waals surface area contributed by atoms with E-state index in [4.69, 9.17) is 4.74 Å². The van der Waals surface area contributed by atoms with E-state index in [0.29, 0.717) is 29.8 Å². The standard InChI is InChI=1S/C25H23N3O4/c1-32-14-2-13-28-24(30)21-8-5-19(16-22(21)25(28)31)23(29)27-20-6-3-17(4-7-20)15-18-9-11-26-12-10-18/h3-12,16H,2,13-15H2,1H3,(H,27,29). The molecule has 1 aliphatic heterocycles. The van der Waals surface area contributed by atoms with Gasteiger partial charge in [-0.1, -0.05) is 12.1 Å². The molecule has 1 N–H and O–H groups in total. The van der Waals surface area contributed by atoms with Crippen LogP contribution >= 0.6 is 0 Å². The molecule has 7 heteroatoms. The van der Waals surface area contributed by atoms with Crippen LogP contribution < -0.4 is 5.32 Å². The summed E-state index contributed by atoms with van der Waals surface area (Å²) in [5, 5.41) is 2.84. The fourth-order valence-electron chi connectivity index (χ4n) is 3.65. The summed E-state index contributed by atoms with van der Waals surface area (Å²) >= 11 is 0. The Kier molecular flexibility index (Phi) is 6.37. The van der Waals surface area contributed by atoms with Gasteiger partial charge in [-0.15, -0.1) is 0 Å². The zero-order valence-corrected chi connectivity index (χ0v) is 17.7. The molecule has 0 fully saturated rings. The lowest BCUT2D eigenvalue weighted by molar-refractivity contribution is 0.0638. The molecule has 0 atom stereocenters. The van der Waals surface area contributed by atoms with E-state index in [2.05, 4.69) is 10.3 Å². The highest BCUT2D eigenvalue weighted by atomic mass is 16.5. The fraction of sp³-hybridized carbons (Fsp3) is 0.200. The van der Waals surface area contributed by atoms with Crippen molar-refractivity contribution in [1.82, 2.24) is 9.88 Å². The Balaban J connectivity index is 1.43. The maximum Gasteiger partial charge on any atom is 0.261 e. The topological polar surface area (TPSA) is 88.6 Å². The number of rotatable bonds is 8. The van der Waals surface area contributed by atoms with Gasteiger partial charge in [0.25, 0.3) is 17.7 Å². The number of carbonyl (C=O) groups is 3. The van der Waals surface area contributed by atoms with Crippen LogP contribution in [0, 0.1) is 0 Å². The molecular formula is C25H23N3O4. The first-order chi connectivity index (χ1) is 15.6. The number of nitrogens with one attached hydrogen (secondary N) is 1. The highest BCUT2D eigenvalue weighted by Gasteiger charge is 2.35. The van der Waals surface area contributed by atoms with Crippen molar-refractivity contribution in [3.63, 3.8) is 0 Å². The van der Waals surface area contributed by atoms with Crippen LogP contribution in [0.4, 0.5) is 5.69 Å². The number of nitrogens with zero attached hydrogens (tertiary/aromatic N) is 2. The highest BCUT2D eigenvalue weighted by molar-refractivity contribution is 6.22. The molecule has 3 amide bonds. The smallest absolute Gasteiger partial charge is 0.261 e. The van der Waals surface area contributed by atoms with Crippen LogP contribution in [0.3, 0.4) is 0 Å². The Morgan fingerprint density at radius 1 is 0.938 bits per heavy atom. The van der Waals surface area contributed by atoms with E-state index in [1.807, 2.05) is 36.4 Å². The van der Waals surface area contributed by atoms with E-state index in [0.717, 1.165) is 17.5 Å². The van der Waals surface area contributed by atoms with Gasteiger partial charge in [0.1, 0.15) is 0 Å². The molecule has 2 heterocycles. The Morgan fingerprint density at radius 3 is 2.34 bits per heavy atom. The second kappa shape index (κ2) is 9.53. The number of carbonyl (C=O) groups excluding carboxylic acids is 3. The largest absolute Gasteiger partial charge is 0.385 e. The average molecular weight is 429 g/mol. The molecule has 32 heavy (non-hydrogen) atoms. The number of imide groups is 1. The van der Waals surface area contributed by atoms with Crippen LogP contribution in [0.1, 0.15) is 48.6 Å². The molecule has 3 aromatic rings. The molecule has 7 nitrogen and oxygen atoms in total. The number of benzene rings is 2. The van der Waals surface area contributed by atoms with Gasteiger partial charge in [-0.25, -0.2) is 0 Å². The molecule has 0 saturated heterocycles. The first kappa shape index (κ1) is 21.4. The van der Waals surface area contributed by atoms with Gasteiger partial charge in [-0.2, -0.15) is 0 Å². The summed E-state index contributed by atoms with van der Waals surface area (Å²) in [6.07, 6.45) is 4.86. The summed E-state index contributed by atoms with van der Waals surface area (Å²) in [4.78, 5) is 43.1. The molecule has 0 aliphatic carbocycles. The lowest BCUT2D eigenvalue weighted by Crippen LogP contribution is -2.31. The van der Waals surface area contributed by atoms with Crippen molar-refractivity contribution in [3.8, 4) is 0 Å². The summed E-state index contributed by atoms with van der Waals surface area (Å²) in [6.45, 7) is 0.746. The molecular weight excluding hydrogens is 406 g/mol. The van der Waals surface area contributed by atoms with Gasteiger partial charge < -0.3 is 10.1 Å². The molecule has 1 aromatic heterocycles. The number of ether oxygens (including phenoxy) is 1. The molecule has 0 bridgehead atoms. The number of hydrogen-bond acceptors (Lipinski definition) is 5. The maximum absolute atomic E-state index is 12.7. The summed E-state index contributed by atoms with van der Waals surface area (Å²) in [6, 6.07) is 16.1. The summed E-state index contributed by atoms with van der Waals surface area (Å²) in [5.41, 5.74) is 3.83. The van der Waals surface area contributed by atoms with Crippen molar-refractivity contribution in [2.24, 2.45) is 0 Å². The minimum Gasteiger partial charge on any atom is -0.385 e. The van der Waals surface area contributed by atoms with Gasteiger partial charge in [0.2, 0.25) is 0 Å². The number of anilines is 1. The number of aromatic nitrogens is 1. The van der Waals surface area contributed by atoms with Gasteiger partial charge in [-0.3, -0.25) is 24.3 Å². The Morgan fingerprint density at radius 2 is 1.62 bits per heavy atom. The summed E-state index contributed by atoms with van der Waals surface area (Å²) in [7, 11) is 1.57. The predicted octanol–water partition coefficient (Wildman–Crippen LogP) is 3.56. The van der Waals surface area contributed by atoms with Crippen LogP contribution in [0.5, 0.6) is 0 Å². The number of methoxy groups -OCH3 is 1. The quantitative estimate of drug-likeness (QED) is 0.437. The third-order valence-corrected chi connectivity index (χ3v) is 5.33. The maximum atomic E-state index is 12.7. The van der Waals surface area contributed by atoms with E-state index in [9.17, 15) is 14.4 Å². The van der Waals surface area contributed by atoms with Crippen molar-refractivity contribution < 1.29 is 19.1 Å². The molecule has 0 spiro atoms. The molecule has 4 rings (SSSR count). The lowest BCUT2D eigenvalue weighted by Gasteiger charge is -2.12. The normalized spacial score (nSPS) is 12.7. The first-order valence-electron chi connectivity index (χ1n) is 10.3. The van der Waals surface area contributed by atoms with Crippen LogP contribution in [0.15, 0.2) is 67.0 Å². The van der Waals surface area contributed by atoms with Crippen molar-refractivity contribution in [3.05, 3.63) is 94.8 Å². The number of pyridine rings is 1. The second-order valence-electron chi connectivity index (χ2n) is 7.55. The van der Waals surface area contributed by atoms with Gasteiger partial charge in [0.05, 0.1) is 11.1 Å². The van der Waals surface area contributed by atoms with Gasteiger partial charge in [0, 0.05) is 43.9 Å². The molecule has 0 radical (unpaired) electrons. The molecule has 2 aromatic carbocycles. The molecule has 0 saturated carbocycles. The third kappa shape index (κ3) is 4.58. The Bertz CT molecular complexity index is 1140. The first-order valence-corrected chi connectivity index (χ1v) is 10.3. The fourth-order valence-corrected chi connectivity index (χ4v) is 3.65. The molecule has 162 valence electrons. The summed E-state index contributed by atoms with van der Waals surface area (Å²) in [5.74, 6) is -1.05. The monoisotopic (exact) mass is 429 g/mol. The minimum absolute atomic E-state index is 0.257. The highest BCUT2D eigenvalue weighted by Crippen LogP contribution is 2.25. The molecule has 0 unspecified atom stereocenters. The zero-order valence-electron chi connectivity index (χ0n) is 17.7. The number of hydrogen-bond donors (Lipinski definition) is 1. The number of amides is 3. The third-order valence-electron chi connectivity index (χ3n) is 5.33. The molecule has 1 aliphatic rings. The van der Waals surface area contributed by atoms with Crippen molar-refractivity contribution in [2.75, 3.05) is 25.6 Å². The Labute approximate surface area is 186 Å². The predicted molar refractivity (Wildman–Crippen MR) is 120 cm³/mol. The van der Waals surface area contributed by atoms with E-state index in [1.54, 1.807) is 31.6 Å². The van der Waals surface area contributed by atoms with Crippen molar-refractivity contribution in [1.29, 1.82) is 0 Å². The average Bonchev–Trinajstić information content (AvgIpc) is 3.05. The zero-order chi connectivity index (χ0) is 22.5. The van der Waals surface area contributed by atoms with Gasteiger partial charge in [-0.05, 0) is 66.4 Å². The van der Waals surface area contributed by atoms with Gasteiger partial charge >= 0.3 is 0 Å². The van der Waals surface area contributed by atoms with Gasteiger partial charge in [0.15, 0.2) is 0 Å². The van der Waals surface area contributed by atoms with Crippen LogP contribution in [0.25, 0.3) is 0 Å². The van der Waals surface area contributed by atoms with Crippen molar-refractivity contribution >= 4 is 23.4 Å². The number of fused-ring (bicyclic) bond motifs is 1. The van der Waals surface area contributed by atoms with Crippen LogP contribution in [-0.2, 0) is 11.2 Å².